The third kappa shape index (κ3) is 2.12. The number of likely N-dealkylation sites (tertiary alicyclic amines) is 1. The van der Waals surface area contributed by atoms with Gasteiger partial charge in [-0.2, -0.15) is 0 Å². The molecule has 1 aliphatic rings. The van der Waals surface area contributed by atoms with Crippen LogP contribution in [-0.4, -0.2) is 17.0 Å². The zero-order chi connectivity index (χ0) is 13.2. The summed E-state index contributed by atoms with van der Waals surface area (Å²) in [5.41, 5.74) is 1.87. The number of alkyl halides is 1. The molecule has 0 N–H and O–H groups in total. The van der Waals surface area contributed by atoms with E-state index in [2.05, 4.69) is 0 Å². The molecule has 0 unspecified atom stereocenters. The minimum atomic E-state index is -1.41. The Bertz CT molecular complexity index is 570. The highest BCUT2D eigenvalue weighted by atomic mass is 19.1. The zero-order valence-electron chi connectivity index (χ0n) is 10.4. The summed E-state index contributed by atoms with van der Waals surface area (Å²) in [6, 6.07) is 18.6. The predicted octanol–water partition coefficient (Wildman–Crippen LogP) is 3.11. The summed E-state index contributed by atoms with van der Waals surface area (Å²) in [4.78, 5) is 13.3. The molecule has 0 spiro atoms. The Balaban J connectivity index is 1.82. The van der Waals surface area contributed by atoms with Gasteiger partial charge in [0.05, 0.1) is 6.04 Å². The number of rotatable bonds is 3. The third-order valence-corrected chi connectivity index (χ3v) is 3.47. The van der Waals surface area contributed by atoms with Crippen molar-refractivity contribution in [2.75, 3.05) is 0 Å². The molecule has 3 rings (SSSR count). The molecule has 2 nitrogen and oxygen atoms in total. The minimum Gasteiger partial charge on any atom is -0.325 e. The summed E-state index contributed by atoms with van der Waals surface area (Å²) in [6.45, 7) is 0.458. The number of carbonyl (C=O) groups excluding carboxylic acids is 1. The quantitative estimate of drug-likeness (QED) is 0.772. The van der Waals surface area contributed by atoms with Crippen LogP contribution in [-0.2, 0) is 11.3 Å². The van der Waals surface area contributed by atoms with Gasteiger partial charge in [-0.1, -0.05) is 60.7 Å². The average molecular weight is 255 g/mol. The Hall–Kier alpha value is -2.16. The van der Waals surface area contributed by atoms with Crippen LogP contribution in [0.2, 0.25) is 0 Å². The lowest BCUT2D eigenvalue weighted by molar-refractivity contribution is -0.160. The van der Waals surface area contributed by atoms with Crippen LogP contribution < -0.4 is 0 Å². The van der Waals surface area contributed by atoms with E-state index < -0.39 is 18.1 Å². The van der Waals surface area contributed by atoms with E-state index in [1.54, 1.807) is 4.90 Å². The van der Waals surface area contributed by atoms with Crippen LogP contribution in [0.3, 0.4) is 0 Å². The van der Waals surface area contributed by atoms with E-state index in [0.29, 0.717) is 6.54 Å². The van der Waals surface area contributed by atoms with Gasteiger partial charge in [0.2, 0.25) is 6.17 Å². The van der Waals surface area contributed by atoms with E-state index in [-0.39, 0.29) is 0 Å². The van der Waals surface area contributed by atoms with Crippen LogP contribution in [0.15, 0.2) is 60.7 Å². The molecule has 1 fully saturated rings. The third-order valence-electron chi connectivity index (χ3n) is 3.47. The second-order valence-electron chi connectivity index (χ2n) is 4.71. The molecule has 0 aromatic heterocycles. The Morgan fingerprint density at radius 1 is 0.947 bits per heavy atom. The zero-order valence-corrected chi connectivity index (χ0v) is 10.4. The van der Waals surface area contributed by atoms with E-state index in [4.69, 9.17) is 0 Å². The number of nitrogens with zero attached hydrogens (tertiary/aromatic N) is 1. The highest BCUT2D eigenvalue weighted by Crippen LogP contribution is 2.38. The molecule has 1 aliphatic heterocycles. The highest BCUT2D eigenvalue weighted by Gasteiger charge is 2.48. The monoisotopic (exact) mass is 255 g/mol. The first-order chi connectivity index (χ1) is 9.27. The van der Waals surface area contributed by atoms with E-state index in [0.717, 1.165) is 11.1 Å². The van der Waals surface area contributed by atoms with Gasteiger partial charge in [-0.15, -0.1) is 0 Å². The molecule has 96 valence electrons. The van der Waals surface area contributed by atoms with Crippen LogP contribution >= 0.6 is 0 Å². The first-order valence-electron chi connectivity index (χ1n) is 6.31. The summed E-state index contributed by atoms with van der Waals surface area (Å²) in [5, 5.41) is 0. The number of hydrogen-bond acceptors (Lipinski definition) is 1. The molecule has 2 aromatic rings. The number of hydrogen-bond donors (Lipinski definition) is 0. The standard InChI is InChI=1S/C16H14FNO/c17-14-15(13-9-5-2-6-10-13)18(16(14)19)11-12-7-3-1-4-8-12/h1-10,14-15H,11H2/t14-,15+/m1/s1. The molecule has 0 aliphatic carbocycles. The molecule has 3 heteroatoms. The van der Waals surface area contributed by atoms with Gasteiger partial charge in [0, 0.05) is 6.54 Å². The molecule has 1 heterocycles. The molecule has 1 amide bonds. The predicted molar refractivity (Wildman–Crippen MR) is 71.1 cm³/mol. The van der Waals surface area contributed by atoms with Gasteiger partial charge in [0.1, 0.15) is 0 Å². The molecular weight excluding hydrogens is 241 g/mol. The second kappa shape index (κ2) is 4.84. The van der Waals surface area contributed by atoms with E-state index in [1.807, 2.05) is 60.7 Å². The van der Waals surface area contributed by atoms with Crippen molar-refractivity contribution in [2.45, 2.75) is 18.8 Å². The maximum atomic E-state index is 13.8. The molecular formula is C16H14FNO. The van der Waals surface area contributed by atoms with Crippen LogP contribution in [0.25, 0.3) is 0 Å². The van der Waals surface area contributed by atoms with Gasteiger partial charge in [-0.05, 0) is 11.1 Å². The fourth-order valence-corrected chi connectivity index (χ4v) is 2.46. The van der Waals surface area contributed by atoms with Crippen molar-refractivity contribution in [2.24, 2.45) is 0 Å². The number of benzene rings is 2. The lowest BCUT2D eigenvalue weighted by Crippen LogP contribution is -2.56. The van der Waals surface area contributed by atoms with Crippen molar-refractivity contribution >= 4 is 5.91 Å². The Kier molecular flexibility index (Phi) is 3.03. The normalized spacial score (nSPS) is 22.2. The first kappa shape index (κ1) is 11.9. The van der Waals surface area contributed by atoms with Crippen LogP contribution in [0.5, 0.6) is 0 Å². The largest absolute Gasteiger partial charge is 0.325 e. The molecule has 2 atom stereocenters. The summed E-state index contributed by atoms with van der Waals surface area (Å²) in [5.74, 6) is -0.419. The summed E-state index contributed by atoms with van der Waals surface area (Å²) >= 11 is 0. The number of carbonyl (C=O) groups is 1. The van der Waals surface area contributed by atoms with Gasteiger partial charge in [-0.3, -0.25) is 4.79 Å². The van der Waals surface area contributed by atoms with Crippen LogP contribution in [0, 0.1) is 0 Å². The van der Waals surface area contributed by atoms with Gasteiger partial charge in [-0.25, -0.2) is 4.39 Å². The van der Waals surface area contributed by atoms with Crippen molar-refractivity contribution in [1.82, 2.24) is 4.90 Å². The molecule has 1 saturated heterocycles. The number of halogens is 1. The minimum absolute atomic E-state index is 0.419. The SMILES string of the molecule is O=C1[C@H](F)[C@H](c2ccccc2)N1Cc1ccccc1. The summed E-state index contributed by atoms with van der Waals surface area (Å²) in [6.07, 6.45) is -1.41. The average Bonchev–Trinajstić information content (AvgIpc) is 2.48. The summed E-state index contributed by atoms with van der Waals surface area (Å²) < 4.78 is 13.8. The Labute approximate surface area is 111 Å². The number of amides is 1. The van der Waals surface area contributed by atoms with Gasteiger partial charge >= 0.3 is 0 Å². The van der Waals surface area contributed by atoms with E-state index in [9.17, 15) is 9.18 Å². The van der Waals surface area contributed by atoms with Crippen molar-refractivity contribution in [3.05, 3.63) is 71.8 Å². The molecule has 0 radical (unpaired) electrons. The molecule has 2 aromatic carbocycles. The highest BCUT2D eigenvalue weighted by molar-refractivity contribution is 5.88. The lowest BCUT2D eigenvalue weighted by atomic mass is 9.91. The maximum Gasteiger partial charge on any atom is 0.260 e. The van der Waals surface area contributed by atoms with Gasteiger partial charge < -0.3 is 4.90 Å². The van der Waals surface area contributed by atoms with Crippen LogP contribution in [0.1, 0.15) is 17.2 Å². The molecule has 19 heavy (non-hydrogen) atoms. The maximum absolute atomic E-state index is 13.8. The topological polar surface area (TPSA) is 20.3 Å². The smallest absolute Gasteiger partial charge is 0.260 e. The van der Waals surface area contributed by atoms with Crippen LogP contribution in [0.4, 0.5) is 4.39 Å². The van der Waals surface area contributed by atoms with Crippen molar-refractivity contribution in [1.29, 1.82) is 0 Å². The molecule has 0 bridgehead atoms. The second-order valence-corrected chi connectivity index (χ2v) is 4.71. The Morgan fingerprint density at radius 2 is 1.53 bits per heavy atom. The van der Waals surface area contributed by atoms with Crippen molar-refractivity contribution in [3.8, 4) is 0 Å². The van der Waals surface area contributed by atoms with Gasteiger partial charge in [0.25, 0.3) is 5.91 Å². The molecule has 0 saturated carbocycles. The fraction of sp³-hybridized carbons (Fsp3) is 0.188. The fourth-order valence-electron chi connectivity index (χ4n) is 2.46. The first-order valence-corrected chi connectivity index (χ1v) is 6.31. The summed E-state index contributed by atoms with van der Waals surface area (Å²) in [7, 11) is 0. The Morgan fingerprint density at radius 3 is 2.16 bits per heavy atom. The van der Waals surface area contributed by atoms with E-state index >= 15 is 0 Å². The van der Waals surface area contributed by atoms with Crippen molar-refractivity contribution < 1.29 is 9.18 Å². The lowest BCUT2D eigenvalue weighted by Gasteiger charge is -2.43. The van der Waals surface area contributed by atoms with Gasteiger partial charge in [0.15, 0.2) is 0 Å². The van der Waals surface area contributed by atoms with Crippen molar-refractivity contribution in [3.63, 3.8) is 0 Å². The number of β-lactam (4-membered cyclic amide) rings is 1. The van der Waals surface area contributed by atoms with E-state index in [1.165, 1.54) is 0 Å².